The molecule has 0 bridgehead atoms. The Morgan fingerprint density at radius 1 is 1.21 bits per heavy atom. The van der Waals surface area contributed by atoms with E-state index in [1.54, 1.807) is 0 Å². The Morgan fingerprint density at radius 3 is 2.29 bits per heavy atom. The predicted octanol–water partition coefficient (Wildman–Crippen LogP) is -0.123. The second-order valence-electron chi connectivity index (χ2n) is 4.03. The monoisotopic (exact) mass is 204 g/mol. The Labute approximate surface area is 87.5 Å². The summed E-state index contributed by atoms with van der Waals surface area (Å²) >= 11 is 0. The average Bonchev–Trinajstić information content (AvgIpc) is 2.10. The highest BCUT2D eigenvalue weighted by molar-refractivity contribution is 4.62. The first-order valence-electron chi connectivity index (χ1n) is 5.07. The summed E-state index contributed by atoms with van der Waals surface area (Å²) in [5.41, 5.74) is 0. The molecule has 0 radical (unpaired) electrons. The highest BCUT2D eigenvalue weighted by Crippen LogP contribution is 1.94. The van der Waals surface area contributed by atoms with E-state index in [2.05, 4.69) is 19.0 Å². The van der Waals surface area contributed by atoms with Crippen molar-refractivity contribution in [2.75, 3.05) is 54.6 Å². The van der Waals surface area contributed by atoms with Gasteiger partial charge in [-0.05, 0) is 41.2 Å². The Kier molecular flexibility index (Phi) is 8.08. The molecule has 0 amide bonds. The van der Waals surface area contributed by atoms with E-state index in [1.165, 1.54) is 0 Å². The Hall–Kier alpha value is -0.160. The van der Waals surface area contributed by atoms with Crippen molar-refractivity contribution >= 4 is 0 Å². The van der Waals surface area contributed by atoms with E-state index in [0.29, 0.717) is 6.61 Å². The molecular weight excluding hydrogens is 180 g/mol. The molecule has 0 saturated carbocycles. The Bertz CT molecular complexity index is 129. The quantitative estimate of drug-likeness (QED) is 0.559. The van der Waals surface area contributed by atoms with Crippen LogP contribution in [-0.4, -0.2) is 75.5 Å². The maximum absolute atomic E-state index is 9.01. The summed E-state index contributed by atoms with van der Waals surface area (Å²) in [7, 11) is 8.00. The molecule has 0 saturated heterocycles. The van der Waals surface area contributed by atoms with Crippen LogP contribution in [0, 0.1) is 0 Å². The van der Waals surface area contributed by atoms with Gasteiger partial charge in [0.2, 0.25) is 0 Å². The summed E-state index contributed by atoms with van der Waals surface area (Å²) in [6.45, 7) is 2.58. The lowest BCUT2D eigenvalue weighted by Gasteiger charge is -2.21. The fourth-order valence-electron chi connectivity index (χ4n) is 1.07. The first-order valence-corrected chi connectivity index (χ1v) is 5.07. The lowest BCUT2D eigenvalue weighted by molar-refractivity contribution is 0.0486. The molecule has 1 N–H and O–H groups in total. The van der Waals surface area contributed by atoms with Crippen molar-refractivity contribution in [1.29, 1.82) is 0 Å². The highest BCUT2D eigenvalue weighted by atomic mass is 16.5. The van der Waals surface area contributed by atoms with Gasteiger partial charge in [-0.3, -0.25) is 0 Å². The molecule has 1 atom stereocenters. The topological polar surface area (TPSA) is 35.9 Å². The van der Waals surface area contributed by atoms with Crippen molar-refractivity contribution in [2.24, 2.45) is 0 Å². The molecule has 86 valence electrons. The molecule has 0 aliphatic rings. The molecule has 0 aliphatic heterocycles. The van der Waals surface area contributed by atoms with E-state index in [4.69, 9.17) is 9.84 Å². The van der Waals surface area contributed by atoms with Gasteiger partial charge in [-0.1, -0.05) is 0 Å². The van der Waals surface area contributed by atoms with Gasteiger partial charge in [0.15, 0.2) is 0 Å². The van der Waals surface area contributed by atoms with Crippen LogP contribution in [0.2, 0.25) is 0 Å². The van der Waals surface area contributed by atoms with E-state index >= 15 is 0 Å². The molecule has 14 heavy (non-hydrogen) atoms. The molecule has 0 fully saturated rings. The maximum atomic E-state index is 9.01. The first kappa shape index (κ1) is 13.8. The number of ether oxygens (including phenoxy) is 1. The third-order valence-corrected chi connectivity index (χ3v) is 2.15. The van der Waals surface area contributed by atoms with E-state index in [1.807, 2.05) is 19.0 Å². The van der Waals surface area contributed by atoms with Gasteiger partial charge in [-0.15, -0.1) is 0 Å². The van der Waals surface area contributed by atoms with Crippen LogP contribution in [0.1, 0.15) is 6.42 Å². The third-order valence-electron chi connectivity index (χ3n) is 2.15. The van der Waals surface area contributed by atoms with Crippen LogP contribution in [0.4, 0.5) is 0 Å². The minimum Gasteiger partial charge on any atom is -0.395 e. The van der Waals surface area contributed by atoms with Crippen molar-refractivity contribution in [2.45, 2.75) is 12.5 Å². The largest absolute Gasteiger partial charge is 0.395 e. The molecule has 0 aromatic rings. The fourth-order valence-corrected chi connectivity index (χ4v) is 1.07. The van der Waals surface area contributed by atoms with E-state index in [9.17, 15) is 0 Å². The summed E-state index contributed by atoms with van der Waals surface area (Å²) in [5, 5.41) is 9.01. The zero-order valence-electron chi connectivity index (χ0n) is 9.86. The number of aliphatic hydroxyl groups is 1. The summed E-state index contributed by atoms with van der Waals surface area (Å²) < 4.78 is 5.47. The average molecular weight is 204 g/mol. The first-order chi connectivity index (χ1) is 6.57. The van der Waals surface area contributed by atoms with Gasteiger partial charge in [0.05, 0.1) is 19.3 Å². The number of rotatable bonds is 8. The second kappa shape index (κ2) is 8.17. The second-order valence-corrected chi connectivity index (χ2v) is 4.03. The smallest absolute Gasteiger partial charge is 0.0644 e. The Balaban J connectivity index is 3.33. The van der Waals surface area contributed by atoms with Crippen LogP contribution in [0.15, 0.2) is 0 Å². The van der Waals surface area contributed by atoms with Gasteiger partial charge < -0.3 is 19.6 Å². The number of nitrogens with zero attached hydrogens (tertiary/aromatic N) is 2. The summed E-state index contributed by atoms with van der Waals surface area (Å²) in [5.74, 6) is 0. The van der Waals surface area contributed by atoms with Gasteiger partial charge >= 0.3 is 0 Å². The fraction of sp³-hybridized carbons (Fsp3) is 1.00. The van der Waals surface area contributed by atoms with Crippen molar-refractivity contribution in [3.05, 3.63) is 0 Å². The zero-order valence-corrected chi connectivity index (χ0v) is 9.86. The highest BCUT2D eigenvalue weighted by Gasteiger charge is 2.09. The standard InChI is InChI=1S/C10H24N2O2/c1-11(2)6-5-7-14-9-10(8-13)12(3)4/h10,13H,5-9H2,1-4H3. The zero-order chi connectivity index (χ0) is 11.0. The lowest BCUT2D eigenvalue weighted by atomic mass is 10.3. The minimum absolute atomic E-state index is 0.120. The Morgan fingerprint density at radius 2 is 1.86 bits per heavy atom. The van der Waals surface area contributed by atoms with Crippen LogP contribution < -0.4 is 0 Å². The number of hydrogen-bond donors (Lipinski definition) is 1. The van der Waals surface area contributed by atoms with Crippen LogP contribution in [0.25, 0.3) is 0 Å². The van der Waals surface area contributed by atoms with Crippen LogP contribution >= 0.6 is 0 Å². The van der Waals surface area contributed by atoms with Gasteiger partial charge in [-0.25, -0.2) is 0 Å². The predicted molar refractivity (Wildman–Crippen MR) is 58.6 cm³/mol. The lowest BCUT2D eigenvalue weighted by Crippen LogP contribution is -2.35. The van der Waals surface area contributed by atoms with Crippen LogP contribution in [-0.2, 0) is 4.74 Å². The van der Waals surface area contributed by atoms with Crippen molar-refractivity contribution in [1.82, 2.24) is 9.80 Å². The molecule has 0 aromatic heterocycles. The number of likely N-dealkylation sites (N-methyl/N-ethyl adjacent to an activating group) is 1. The maximum Gasteiger partial charge on any atom is 0.0644 e. The molecule has 0 rings (SSSR count). The van der Waals surface area contributed by atoms with Crippen molar-refractivity contribution < 1.29 is 9.84 Å². The molecule has 4 nitrogen and oxygen atoms in total. The van der Waals surface area contributed by atoms with Crippen LogP contribution in [0.3, 0.4) is 0 Å². The van der Waals surface area contributed by atoms with E-state index < -0.39 is 0 Å². The third kappa shape index (κ3) is 7.26. The molecule has 1 unspecified atom stereocenters. The van der Waals surface area contributed by atoms with Gasteiger partial charge in [0, 0.05) is 6.61 Å². The normalized spacial score (nSPS) is 13.9. The van der Waals surface area contributed by atoms with Crippen molar-refractivity contribution in [3.8, 4) is 0 Å². The molecule has 0 spiro atoms. The molecule has 0 aromatic carbocycles. The molecular formula is C10H24N2O2. The summed E-state index contributed by atoms with van der Waals surface area (Å²) in [6, 6.07) is 0.120. The number of aliphatic hydroxyl groups excluding tert-OH is 1. The SMILES string of the molecule is CN(C)CCCOCC(CO)N(C)C. The van der Waals surface area contributed by atoms with E-state index in [0.717, 1.165) is 19.6 Å². The van der Waals surface area contributed by atoms with Gasteiger partial charge in [0.25, 0.3) is 0 Å². The summed E-state index contributed by atoms with van der Waals surface area (Å²) in [4.78, 5) is 4.12. The van der Waals surface area contributed by atoms with E-state index in [-0.39, 0.29) is 12.6 Å². The van der Waals surface area contributed by atoms with Gasteiger partial charge in [0.1, 0.15) is 0 Å². The minimum atomic E-state index is 0.120. The number of hydrogen-bond acceptors (Lipinski definition) is 4. The molecule has 4 heteroatoms. The summed E-state index contributed by atoms with van der Waals surface area (Å²) in [6.07, 6.45) is 1.04. The van der Waals surface area contributed by atoms with Gasteiger partial charge in [-0.2, -0.15) is 0 Å². The molecule has 0 aliphatic carbocycles. The molecule has 0 heterocycles. The van der Waals surface area contributed by atoms with Crippen molar-refractivity contribution in [3.63, 3.8) is 0 Å². The van der Waals surface area contributed by atoms with Crippen LogP contribution in [0.5, 0.6) is 0 Å².